The Morgan fingerprint density at radius 2 is 2.00 bits per heavy atom. The smallest absolute Gasteiger partial charge is 0.0208 e. The predicted molar refractivity (Wildman–Crippen MR) is 57.2 cm³/mol. The van der Waals surface area contributed by atoms with Crippen molar-refractivity contribution in [1.82, 2.24) is 5.43 Å². The van der Waals surface area contributed by atoms with Crippen LogP contribution in [0.2, 0.25) is 0 Å². The van der Waals surface area contributed by atoms with Gasteiger partial charge in [0.15, 0.2) is 0 Å². The summed E-state index contributed by atoms with van der Waals surface area (Å²) in [5, 5.41) is 0. The van der Waals surface area contributed by atoms with Crippen LogP contribution in [0.3, 0.4) is 0 Å². The molecule has 1 aliphatic rings. The molecule has 0 aromatic rings. The van der Waals surface area contributed by atoms with Gasteiger partial charge in [0, 0.05) is 6.04 Å². The Morgan fingerprint density at radius 1 is 1.31 bits per heavy atom. The van der Waals surface area contributed by atoms with E-state index >= 15 is 0 Å². The zero-order chi connectivity index (χ0) is 9.52. The van der Waals surface area contributed by atoms with Crippen molar-refractivity contribution >= 4 is 0 Å². The Morgan fingerprint density at radius 3 is 2.54 bits per heavy atom. The van der Waals surface area contributed by atoms with E-state index in [4.69, 9.17) is 5.84 Å². The van der Waals surface area contributed by atoms with E-state index in [1.54, 1.807) is 0 Å². The molecule has 0 spiro atoms. The molecule has 1 saturated carbocycles. The first-order chi connectivity index (χ1) is 6.36. The molecular weight excluding hydrogens is 160 g/mol. The van der Waals surface area contributed by atoms with Gasteiger partial charge in [-0.2, -0.15) is 0 Å². The normalized spacial score (nSPS) is 21.7. The van der Waals surface area contributed by atoms with Crippen molar-refractivity contribution in [1.29, 1.82) is 0 Å². The molecule has 1 aliphatic carbocycles. The average Bonchev–Trinajstić information content (AvgIpc) is 2.21. The van der Waals surface area contributed by atoms with Crippen LogP contribution in [0, 0.1) is 5.92 Å². The lowest BCUT2D eigenvalue weighted by Crippen LogP contribution is -2.34. The highest BCUT2D eigenvalue weighted by molar-refractivity contribution is 4.69. The Hall–Kier alpha value is -0.0800. The van der Waals surface area contributed by atoms with Gasteiger partial charge in [-0.3, -0.25) is 11.3 Å². The van der Waals surface area contributed by atoms with Gasteiger partial charge in [-0.25, -0.2) is 0 Å². The van der Waals surface area contributed by atoms with Crippen LogP contribution in [0.15, 0.2) is 0 Å². The molecule has 0 aromatic heterocycles. The van der Waals surface area contributed by atoms with Crippen LogP contribution in [-0.4, -0.2) is 6.04 Å². The number of hydrazine groups is 1. The van der Waals surface area contributed by atoms with Gasteiger partial charge in [0.05, 0.1) is 0 Å². The molecule has 0 aliphatic heterocycles. The lowest BCUT2D eigenvalue weighted by Gasteiger charge is -2.23. The van der Waals surface area contributed by atoms with E-state index in [2.05, 4.69) is 12.3 Å². The van der Waals surface area contributed by atoms with E-state index in [1.807, 2.05) is 0 Å². The van der Waals surface area contributed by atoms with Crippen molar-refractivity contribution in [2.24, 2.45) is 11.8 Å². The van der Waals surface area contributed by atoms with Gasteiger partial charge in [0.2, 0.25) is 0 Å². The molecule has 3 N–H and O–H groups in total. The SMILES string of the molecule is CCC(CCC1CCCCC1)NN. The number of hydrogen-bond donors (Lipinski definition) is 2. The molecule has 78 valence electrons. The van der Waals surface area contributed by atoms with Gasteiger partial charge >= 0.3 is 0 Å². The monoisotopic (exact) mass is 184 g/mol. The number of rotatable bonds is 5. The first-order valence-corrected chi connectivity index (χ1v) is 5.83. The average molecular weight is 184 g/mol. The molecule has 0 radical (unpaired) electrons. The van der Waals surface area contributed by atoms with Crippen molar-refractivity contribution in [2.75, 3.05) is 0 Å². The van der Waals surface area contributed by atoms with E-state index in [0.29, 0.717) is 6.04 Å². The third kappa shape index (κ3) is 4.10. The van der Waals surface area contributed by atoms with Crippen molar-refractivity contribution in [2.45, 2.75) is 64.3 Å². The van der Waals surface area contributed by atoms with Crippen LogP contribution in [-0.2, 0) is 0 Å². The summed E-state index contributed by atoms with van der Waals surface area (Å²) in [5.41, 5.74) is 2.89. The second kappa shape index (κ2) is 6.39. The summed E-state index contributed by atoms with van der Waals surface area (Å²) in [6, 6.07) is 0.543. The molecule has 0 saturated heterocycles. The summed E-state index contributed by atoms with van der Waals surface area (Å²) in [6.45, 7) is 2.20. The Balaban J connectivity index is 2.09. The molecule has 0 amide bonds. The van der Waals surface area contributed by atoms with E-state index in [1.165, 1.54) is 44.9 Å². The van der Waals surface area contributed by atoms with Crippen LogP contribution in [0.25, 0.3) is 0 Å². The van der Waals surface area contributed by atoms with Gasteiger partial charge in [0.1, 0.15) is 0 Å². The fourth-order valence-electron chi connectivity index (χ4n) is 2.32. The van der Waals surface area contributed by atoms with E-state index in [9.17, 15) is 0 Å². The molecule has 13 heavy (non-hydrogen) atoms. The summed E-state index contributed by atoms with van der Waals surface area (Å²) >= 11 is 0. The summed E-state index contributed by atoms with van der Waals surface area (Å²) in [5.74, 6) is 6.45. The molecule has 1 fully saturated rings. The lowest BCUT2D eigenvalue weighted by molar-refractivity contribution is 0.311. The van der Waals surface area contributed by atoms with Crippen LogP contribution in [0.4, 0.5) is 0 Å². The molecular formula is C11H24N2. The minimum absolute atomic E-state index is 0.543. The summed E-state index contributed by atoms with van der Waals surface area (Å²) in [7, 11) is 0. The maximum absolute atomic E-state index is 5.45. The number of nitrogens with two attached hydrogens (primary N) is 1. The molecule has 2 heteroatoms. The zero-order valence-electron chi connectivity index (χ0n) is 8.89. The van der Waals surface area contributed by atoms with Gasteiger partial charge in [-0.15, -0.1) is 0 Å². The highest BCUT2D eigenvalue weighted by atomic mass is 15.2. The molecule has 0 aromatic carbocycles. The third-order valence-corrected chi connectivity index (χ3v) is 3.38. The van der Waals surface area contributed by atoms with Crippen LogP contribution < -0.4 is 11.3 Å². The number of nitrogens with one attached hydrogen (secondary N) is 1. The van der Waals surface area contributed by atoms with Crippen LogP contribution >= 0.6 is 0 Å². The largest absolute Gasteiger partial charge is 0.271 e. The van der Waals surface area contributed by atoms with Gasteiger partial charge in [-0.05, 0) is 25.2 Å². The minimum Gasteiger partial charge on any atom is -0.271 e. The van der Waals surface area contributed by atoms with Crippen molar-refractivity contribution in [3.63, 3.8) is 0 Å². The fraction of sp³-hybridized carbons (Fsp3) is 1.00. The second-order valence-corrected chi connectivity index (χ2v) is 4.35. The van der Waals surface area contributed by atoms with E-state index in [0.717, 1.165) is 12.3 Å². The van der Waals surface area contributed by atoms with Crippen LogP contribution in [0.1, 0.15) is 58.3 Å². The summed E-state index contributed by atoms with van der Waals surface area (Å²) in [4.78, 5) is 0. The van der Waals surface area contributed by atoms with E-state index in [-0.39, 0.29) is 0 Å². The standard InChI is InChI=1S/C11H24N2/c1-2-11(13-12)9-8-10-6-4-3-5-7-10/h10-11,13H,2-9,12H2,1H3. The Bertz CT molecular complexity index is 115. The van der Waals surface area contributed by atoms with Crippen molar-refractivity contribution in [3.05, 3.63) is 0 Å². The Labute approximate surface area is 82.2 Å². The van der Waals surface area contributed by atoms with Crippen molar-refractivity contribution in [3.8, 4) is 0 Å². The first kappa shape index (κ1) is 11.0. The lowest BCUT2D eigenvalue weighted by atomic mass is 9.85. The Kier molecular flexibility index (Phi) is 5.40. The molecule has 1 atom stereocenters. The third-order valence-electron chi connectivity index (χ3n) is 3.38. The maximum atomic E-state index is 5.45. The fourth-order valence-corrected chi connectivity index (χ4v) is 2.32. The molecule has 0 bridgehead atoms. The van der Waals surface area contributed by atoms with Gasteiger partial charge < -0.3 is 0 Å². The molecule has 2 nitrogen and oxygen atoms in total. The molecule has 1 unspecified atom stereocenters. The quantitative estimate of drug-likeness (QED) is 0.509. The molecule has 1 rings (SSSR count). The number of hydrogen-bond acceptors (Lipinski definition) is 2. The minimum atomic E-state index is 0.543. The maximum Gasteiger partial charge on any atom is 0.0208 e. The first-order valence-electron chi connectivity index (χ1n) is 5.83. The van der Waals surface area contributed by atoms with Gasteiger partial charge in [0.25, 0.3) is 0 Å². The van der Waals surface area contributed by atoms with Crippen molar-refractivity contribution < 1.29 is 0 Å². The highest BCUT2D eigenvalue weighted by Gasteiger charge is 2.14. The van der Waals surface area contributed by atoms with Crippen LogP contribution in [0.5, 0.6) is 0 Å². The topological polar surface area (TPSA) is 38.0 Å². The predicted octanol–water partition coefficient (Wildman–Crippen LogP) is 2.59. The van der Waals surface area contributed by atoms with E-state index < -0.39 is 0 Å². The summed E-state index contributed by atoms with van der Waals surface area (Å²) < 4.78 is 0. The van der Waals surface area contributed by atoms with Gasteiger partial charge in [-0.1, -0.05) is 39.0 Å². The summed E-state index contributed by atoms with van der Waals surface area (Å²) in [6.07, 6.45) is 11.1. The second-order valence-electron chi connectivity index (χ2n) is 4.35. The molecule has 0 heterocycles. The highest BCUT2D eigenvalue weighted by Crippen LogP contribution is 2.27. The zero-order valence-corrected chi connectivity index (χ0v) is 8.89.